The predicted octanol–water partition coefficient (Wildman–Crippen LogP) is 4.77. The van der Waals surface area contributed by atoms with Crippen LogP contribution in [0.2, 0.25) is 0 Å². The summed E-state index contributed by atoms with van der Waals surface area (Å²) in [6.45, 7) is 8.02. The fourth-order valence-electron chi connectivity index (χ4n) is 3.00. The number of aromatic nitrogens is 2. The zero-order chi connectivity index (χ0) is 20.8. The van der Waals surface area contributed by atoms with Gasteiger partial charge in [0.2, 0.25) is 5.95 Å². The van der Waals surface area contributed by atoms with Crippen LogP contribution in [-0.2, 0) is 0 Å². The Bertz CT molecular complexity index is 1000. The second kappa shape index (κ2) is 9.14. The van der Waals surface area contributed by atoms with E-state index in [1.54, 1.807) is 12.1 Å². The number of carbonyl (C=O) groups excluding carboxylic acids is 1. The van der Waals surface area contributed by atoms with Crippen LogP contribution in [0, 0.1) is 12.7 Å². The van der Waals surface area contributed by atoms with Gasteiger partial charge in [-0.15, -0.1) is 0 Å². The number of hydrogen-bond donors (Lipinski definition) is 2. The minimum atomic E-state index is -0.368. The highest BCUT2D eigenvalue weighted by atomic mass is 19.1. The van der Waals surface area contributed by atoms with E-state index in [1.807, 2.05) is 19.1 Å². The molecule has 2 aromatic carbocycles. The van der Waals surface area contributed by atoms with E-state index in [4.69, 9.17) is 0 Å². The lowest BCUT2D eigenvalue weighted by atomic mass is 10.1. The number of benzene rings is 2. The molecular weight excluding hydrogens is 369 g/mol. The SMILES string of the molecule is CCN(CC)c1ccc(NC(=O)c2ccnc(Nc3cccc(F)c3)n2)c(C)c1. The van der Waals surface area contributed by atoms with Crippen molar-refractivity contribution in [1.29, 1.82) is 0 Å². The van der Waals surface area contributed by atoms with Gasteiger partial charge in [-0.3, -0.25) is 4.79 Å². The molecule has 7 heteroatoms. The summed E-state index contributed by atoms with van der Waals surface area (Å²) in [5, 5.41) is 5.79. The quantitative estimate of drug-likeness (QED) is 0.605. The Morgan fingerprint density at radius 1 is 1.10 bits per heavy atom. The number of nitrogens with one attached hydrogen (secondary N) is 2. The van der Waals surface area contributed by atoms with Gasteiger partial charge in [-0.2, -0.15) is 0 Å². The Labute approximate surface area is 169 Å². The van der Waals surface area contributed by atoms with Crippen LogP contribution >= 0.6 is 0 Å². The smallest absolute Gasteiger partial charge is 0.274 e. The molecule has 0 bridgehead atoms. The summed E-state index contributed by atoms with van der Waals surface area (Å²) >= 11 is 0. The van der Waals surface area contributed by atoms with Crippen molar-refractivity contribution in [2.75, 3.05) is 28.6 Å². The van der Waals surface area contributed by atoms with Gasteiger partial charge in [0.25, 0.3) is 5.91 Å². The van der Waals surface area contributed by atoms with Crippen LogP contribution in [0.25, 0.3) is 0 Å². The first-order valence-electron chi connectivity index (χ1n) is 9.52. The fraction of sp³-hybridized carbons (Fsp3) is 0.227. The summed E-state index contributed by atoms with van der Waals surface area (Å²) < 4.78 is 13.3. The van der Waals surface area contributed by atoms with E-state index in [2.05, 4.69) is 45.4 Å². The van der Waals surface area contributed by atoms with Crippen molar-refractivity contribution < 1.29 is 9.18 Å². The number of amides is 1. The van der Waals surface area contributed by atoms with Crippen LogP contribution in [0.1, 0.15) is 29.9 Å². The first kappa shape index (κ1) is 20.3. The second-order valence-electron chi connectivity index (χ2n) is 6.53. The predicted molar refractivity (Wildman–Crippen MR) is 114 cm³/mol. The molecule has 0 atom stereocenters. The molecule has 3 rings (SSSR count). The molecule has 0 saturated heterocycles. The van der Waals surface area contributed by atoms with Crippen molar-refractivity contribution in [2.45, 2.75) is 20.8 Å². The van der Waals surface area contributed by atoms with Crippen molar-refractivity contribution in [2.24, 2.45) is 0 Å². The Hall–Kier alpha value is -3.48. The molecule has 150 valence electrons. The topological polar surface area (TPSA) is 70.2 Å². The van der Waals surface area contributed by atoms with Crippen LogP contribution in [0.4, 0.5) is 27.4 Å². The number of nitrogens with zero attached hydrogens (tertiary/aromatic N) is 3. The molecule has 1 amide bonds. The van der Waals surface area contributed by atoms with E-state index in [1.165, 1.54) is 24.4 Å². The van der Waals surface area contributed by atoms with Crippen LogP contribution in [0.15, 0.2) is 54.7 Å². The Balaban J connectivity index is 1.74. The highest BCUT2D eigenvalue weighted by Crippen LogP contribution is 2.23. The fourth-order valence-corrected chi connectivity index (χ4v) is 3.00. The third kappa shape index (κ3) is 5.07. The van der Waals surface area contributed by atoms with E-state index in [0.29, 0.717) is 5.69 Å². The molecule has 0 aliphatic rings. The second-order valence-corrected chi connectivity index (χ2v) is 6.53. The minimum absolute atomic E-state index is 0.214. The van der Waals surface area contributed by atoms with Crippen LogP contribution < -0.4 is 15.5 Å². The normalized spacial score (nSPS) is 10.5. The number of halogens is 1. The number of aryl methyl sites for hydroxylation is 1. The summed E-state index contributed by atoms with van der Waals surface area (Å²) in [5.41, 5.74) is 3.53. The molecule has 0 radical (unpaired) electrons. The van der Waals surface area contributed by atoms with Crippen LogP contribution in [-0.4, -0.2) is 29.0 Å². The molecular formula is C22H24FN5O. The zero-order valence-electron chi connectivity index (χ0n) is 16.7. The molecule has 2 N–H and O–H groups in total. The first-order chi connectivity index (χ1) is 14.0. The van der Waals surface area contributed by atoms with Crippen molar-refractivity contribution in [3.8, 4) is 0 Å². The molecule has 0 aliphatic carbocycles. The molecule has 0 aliphatic heterocycles. The van der Waals surface area contributed by atoms with Gasteiger partial charge in [0.15, 0.2) is 0 Å². The standard InChI is InChI=1S/C22H24FN5O/c1-4-28(5-2)18-9-10-19(15(3)13-18)26-21(29)20-11-12-24-22(27-20)25-17-8-6-7-16(23)14-17/h6-14H,4-5H2,1-3H3,(H,26,29)(H,24,25,27). The van der Waals surface area contributed by atoms with E-state index in [0.717, 1.165) is 30.0 Å². The van der Waals surface area contributed by atoms with Crippen LogP contribution in [0.5, 0.6) is 0 Å². The van der Waals surface area contributed by atoms with Crippen molar-refractivity contribution in [3.05, 3.63) is 71.8 Å². The maximum Gasteiger partial charge on any atom is 0.274 e. The van der Waals surface area contributed by atoms with Crippen molar-refractivity contribution >= 4 is 28.9 Å². The lowest BCUT2D eigenvalue weighted by Gasteiger charge is -2.22. The summed E-state index contributed by atoms with van der Waals surface area (Å²) in [5.74, 6) is -0.488. The van der Waals surface area contributed by atoms with Crippen LogP contribution in [0.3, 0.4) is 0 Å². The van der Waals surface area contributed by atoms with Gasteiger partial charge in [0.1, 0.15) is 11.5 Å². The van der Waals surface area contributed by atoms with Gasteiger partial charge in [-0.25, -0.2) is 14.4 Å². The van der Waals surface area contributed by atoms with E-state index in [-0.39, 0.29) is 23.4 Å². The Morgan fingerprint density at radius 3 is 2.59 bits per heavy atom. The molecule has 0 spiro atoms. The third-order valence-corrected chi connectivity index (χ3v) is 4.56. The minimum Gasteiger partial charge on any atom is -0.372 e. The lowest BCUT2D eigenvalue weighted by molar-refractivity contribution is 0.102. The first-order valence-corrected chi connectivity index (χ1v) is 9.52. The molecule has 3 aromatic rings. The summed E-state index contributed by atoms with van der Waals surface area (Å²) in [6.07, 6.45) is 1.49. The lowest BCUT2D eigenvalue weighted by Crippen LogP contribution is -2.22. The molecule has 29 heavy (non-hydrogen) atoms. The summed E-state index contributed by atoms with van der Waals surface area (Å²) in [6, 6.07) is 13.4. The average molecular weight is 393 g/mol. The van der Waals surface area contributed by atoms with Gasteiger partial charge >= 0.3 is 0 Å². The van der Waals surface area contributed by atoms with E-state index < -0.39 is 0 Å². The number of carbonyl (C=O) groups is 1. The summed E-state index contributed by atoms with van der Waals surface area (Å²) in [7, 11) is 0. The molecule has 0 saturated carbocycles. The van der Waals surface area contributed by atoms with Gasteiger partial charge in [0.05, 0.1) is 0 Å². The van der Waals surface area contributed by atoms with Crippen molar-refractivity contribution in [1.82, 2.24) is 9.97 Å². The highest BCUT2D eigenvalue weighted by molar-refractivity contribution is 6.03. The molecule has 1 heterocycles. The third-order valence-electron chi connectivity index (χ3n) is 4.56. The zero-order valence-corrected chi connectivity index (χ0v) is 16.7. The summed E-state index contributed by atoms with van der Waals surface area (Å²) in [4.78, 5) is 23.2. The van der Waals surface area contributed by atoms with Gasteiger partial charge in [0, 0.05) is 36.3 Å². The number of rotatable bonds is 7. The Morgan fingerprint density at radius 2 is 1.90 bits per heavy atom. The highest BCUT2D eigenvalue weighted by Gasteiger charge is 2.12. The number of hydrogen-bond acceptors (Lipinski definition) is 5. The monoisotopic (exact) mass is 393 g/mol. The molecule has 0 fully saturated rings. The van der Waals surface area contributed by atoms with Gasteiger partial charge in [-0.05, 0) is 68.8 Å². The number of anilines is 4. The molecule has 1 aromatic heterocycles. The molecule has 0 unspecified atom stereocenters. The van der Waals surface area contributed by atoms with E-state index >= 15 is 0 Å². The van der Waals surface area contributed by atoms with E-state index in [9.17, 15) is 9.18 Å². The van der Waals surface area contributed by atoms with Gasteiger partial charge in [-0.1, -0.05) is 6.07 Å². The van der Waals surface area contributed by atoms with Crippen molar-refractivity contribution in [3.63, 3.8) is 0 Å². The maximum absolute atomic E-state index is 13.3. The Kier molecular flexibility index (Phi) is 6.39. The average Bonchev–Trinajstić information content (AvgIpc) is 2.71. The molecule has 6 nitrogen and oxygen atoms in total. The largest absolute Gasteiger partial charge is 0.372 e. The van der Waals surface area contributed by atoms with Gasteiger partial charge < -0.3 is 15.5 Å². The maximum atomic E-state index is 13.3.